The first-order chi connectivity index (χ1) is 5.71. The van der Waals surface area contributed by atoms with E-state index in [4.69, 9.17) is 5.11 Å². The number of aliphatic hydroxyl groups is 1. The van der Waals surface area contributed by atoms with Crippen LogP contribution in [0.5, 0.6) is 0 Å². The Labute approximate surface area is 79.6 Å². The number of hydrogen-bond donors (Lipinski definition) is 1. The first-order valence-electron chi connectivity index (χ1n) is 4.37. The number of β-amino-alcohol motifs (C(OH)–C–C–N with tert-alkyl or cyclic N) is 1. The smallest absolute Gasteiger partial charge is 0.214 e. The zero-order valence-corrected chi connectivity index (χ0v) is 9.13. The molecular formula is C8H17NO3S. The van der Waals surface area contributed by atoms with Gasteiger partial charge in [-0.1, -0.05) is 20.8 Å². The standard InChI is InChI=1S/C8H17NO3S/c1-8(2,3)6-13(11,12)9-4-7(10)5-9/h7,10H,4-6H2,1-3H3. The van der Waals surface area contributed by atoms with Crippen molar-refractivity contribution in [2.24, 2.45) is 5.41 Å². The van der Waals surface area contributed by atoms with Gasteiger partial charge in [-0.3, -0.25) is 0 Å². The lowest BCUT2D eigenvalue weighted by atomic mass is 10.0. The summed E-state index contributed by atoms with van der Waals surface area (Å²) in [6.07, 6.45) is -0.463. The van der Waals surface area contributed by atoms with E-state index < -0.39 is 16.1 Å². The van der Waals surface area contributed by atoms with Gasteiger partial charge in [0, 0.05) is 13.1 Å². The average molecular weight is 207 g/mol. The number of hydrogen-bond acceptors (Lipinski definition) is 3. The van der Waals surface area contributed by atoms with Crippen LogP contribution in [0.2, 0.25) is 0 Å². The Morgan fingerprint density at radius 2 is 1.85 bits per heavy atom. The molecule has 0 atom stereocenters. The van der Waals surface area contributed by atoms with E-state index in [1.54, 1.807) is 0 Å². The van der Waals surface area contributed by atoms with Crippen molar-refractivity contribution in [3.05, 3.63) is 0 Å². The second-order valence-electron chi connectivity index (χ2n) is 4.79. The lowest BCUT2D eigenvalue weighted by Crippen LogP contribution is -2.54. The molecule has 78 valence electrons. The summed E-state index contributed by atoms with van der Waals surface area (Å²) in [6.45, 7) is 6.19. The number of nitrogens with zero attached hydrogens (tertiary/aromatic N) is 1. The molecule has 5 heteroatoms. The van der Waals surface area contributed by atoms with Crippen molar-refractivity contribution in [3.63, 3.8) is 0 Å². The quantitative estimate of drug-likeness (QED) is 0.695. The maximum absolute atomic E-state index is 11.6. The van der Waals surface area contributed by atoms with Crippen LogP contribution < -0.4 is 0 Å². The predicted octanol–water partition coefficient (Wildman–Crippen LogP) is 0.0388. The Hall–Kier alpha value is -0.130. The molecule has 0 aromatic rings. The summed E-state index contributed by atoms with van der Waals surface area (Å²) in [6, 6.07) is 0. The van der Waals surface area contributed by atoms with Gasteiger partial charge in [0.15, 0.2) is 0 Å². The summed E-state index contributed by atoms with van der Waals surface area (Å²) in [4.78, 5) is 0. The van der Waals surface area contributed by atoms with Crippen LogP contribution in [0.1, 0.15) is 20.8 Å². The van der Waals surface area contributed by atoms with Crippen LogP contribution in [-0.4, -0.2) is 42.8 Å². The Morgan fingerprint density at radius 3 is 2.15 bits per heavy atom. The third kappa shape index (κ3) is 2.93. The largest absolute Gasteiger partial charge is 0.390 e. The fourth-order valence-corrected chi connectivity index (χ4v) is 3.36. The summed E-state index contributed by atoms with van der Waals surface area (Å²) in [5.74, 6) is 0.146. The molecule has 13 heavy (non-hydrogen) atoms. The van der Waals surface area contributed by atoms with Crippen LogP contribution >= 0.6 is 0 Å². The Bertz CT molecular complexity index is 272. The molecule has 0 spiro atoms. The first-order valence-corrected chi connectivity index (χ1v) is 5.97. The van der Waals surface area contributed by atoms with Crippen LogP contribution in [0.25, 0.3) is 0 Å². The highest BCUT2D eigenvalue weighted by atomic mass is 32.2. The van der Waals surface area contributed by atoms with E-state index in [1.165, 1.54) is 4.31 Å². The summed E-state index contributed by atoms with van der Waals surface area (Å²) in [5.41, 5.74) is -0.223. The van der Waals surface area contributed by atoms with Crippen molar-refractivity contribution in [1.82, 2.24) is 4.31 Å². The molecule has 1 N–H and O–H groups in total. The number of rotatable bonds is 2. The Balaban J connectivity index is 2.58. The highest BCUT2D eigenvalue weighted by Crippen LogP contribution is 2.22. The van der Waals surface area contributed by atoms with Gasteiger partial charge in [-0.2, -0.15) is 4.31 Å². The van der Waals surface area contributed by atoms with Gasteiger partial charge < -0.3 is 5.11 Å². The zero-order valence-electron chi connectivity index (χ0n) is 8.32. The van der Waals surface area contributed by atoms with Gasteiger partial charge in [0.05, 0.1) is 11.9 Å². The molecule has 4 nitrogen and oxygen atoms in total. The van der Waals surface area contributed by atoms with E-state index in [0.717, 1.165) is 0 Å². The predicted molar refractivity (Wildman–Crippen MR) is 50.8 cm³/mol. The topological polar surface area (TPSA) is 57.6 Å². The second kappa shape index (κ2) is 3.22. The Morgan fingerprint density at radius 1 is 1.38 bits per heavy atom. The molecule has 1 aliphatic heterocycles. The SMILES string of the molecule is CC(C)(C)CS(=O)(=O)N1CC(O)C1. The minimum atomic E-state index is -3.14. The fourth-order valence-electron chi connectivity index (χ4n) is 1.28. The lowest BCUT2D eigenvalue weighted by molar-refractivity contribution is 0.0543. The maximum atomic E-state index is 11.6. The fraction of sp³-hybridized carbons (Fsp3) is 1.00. The van der Waals surface area contributed by atoms with Gasteiger partial charge in [-0.25, -0.2) is 8.42 Å². The molecule has 1 fully saturated rings. The third-order valence-electron chi connectivity index (χ3n) is 1.84. The molecule has 0 aliphatic carbocycles. The van der Waals surface area contributed by atoms with Gasteiger partial charge in [-0.05, 0) is 5.41 Å². The minimum absolute atomic E-state index is 0.146. The van der Waals surface area contributed by atoms with Gasteiger partial charge >= 0.3 is 0 Å². The number of aliphatic hydroxyl groups excluding tert-OH is 1. The molecule has 0 amide bonds. The zero-order chi connectivity index (χ0) is 10.3. The summed E-state index contributed by atoms with van der Waals surface area (Å²) < 4.78 is 24.5. The number of sulfonamides is 1. The summed E-state index contributed by atoms with van der Waals surface area (Å²) >= 11 is 0. The molecule has 0 bridgehead atoms. The van der Waals surface area contributed by atoms with Crippen molar-refractivity contribution in [2.45, 2.75) is 26.9 Å². The molecule has 0 aromatic carbocycles. The van der Waals surface area contributed by atoms with E-state index in [2.05, 4.69) is 0 Å². The van der Waals surface area contributed by atoms with E-state index in [-0.39, 0.29) is 24.3 Å². The van der Waals surface area contributed by atoms with Gasteiger partial charge in [0.2, 0.25) is 10.0 Å². The van der Waals surface area contributed by atoms with Crippen molar-refractivity contribution in [1.29, 1.82) is 0 Å². The average Bonchev–Trinajstić information content (AvgIpc) is 1.74. The molecule has 0 aromatic heterocycles. The van der Waals surface area contributed by atoms with Crippen molar-refractivity contribution in [2.75, 3.05) is 18.8 Å². The monoisotopic (exact) mass is 207 g/mol. The molecule has 0 unspecified atom stereocenters. The highest BCUT2D eigenvalue weighted by molar-refractivity contribution is 7.89. The molecule has 1 aliphatic rings. The van der Waals surface area contributed by atoms with Crippen molar-refractivity contribution in [3.8, 4) is 0 Å². The van der Waals surface area contributed by atoms with Crippen molar-refractivity contribution >= 4 is 10.0 Å². The van der Waals surface area contributed by atoms with Crippen molar-refractivity contribution < 1.29 is 13.5 Å². The summed E-state index contributed by atoms with van der Waals surface area (Å²) in [7, 11) is -3.14. The third-order valence-corrected chi connectivity index (χ3v) is 4.15. The van der Waals surface area contributed by atoms with Gasteiger partial charge in [0.1, 0.15) is 0 Å². The lowest BCUT2D eigenvalue weighted by Gasteiger charge is -2.36. The second-order valence-corrected chi connectivity index (χ2v) is 6.76. The van der Waals surface area contributed by atoms with E-state index in [0.29, 0.717) is 0 Å². The van der Waals surface area contributed by atoms with Crippen LogP contribution in [-0.2, 0) is 10.0 Å². The minimum Gasteiger partial charge on any atom is -0.390 e. The molecule has 0 saturated carbocycles. The van der Waals surface area contributed by atoms with Crippen LogP contribution in [0.4, 0.5) is 0 Å². The molecule has 1 heterocycles. The first kappa shape index (κ1) is 10.9. The maximum Gasteiger partial charge on any atom is 0.214 e. The highest BCUT2D eigenvalue weighted by Gasteiger charge is 2.36. The summed E-state index contributed by atoms with van der Waals surface area (Å²) in [5, 5.41) is 8.97. The molecular weight excluding hydrogens is 190 g/mol. The molecule has 1 rings (SSSR count). The van der Waals surface area contributed by atoms with Crippen LogP contribution in [0.3, 0.4) is 0 Å². The molecule has 1 saturated heterocycles. The van der Waals surface area contributed by atoms with E-state index in [9.17, 15) is 8.42 Å². The molecule has 0 radical (unpaired) electrons. The van der Waals surface area contributed by atoms with Gasteiger partial charge in [0.25, 0.3) is 0 Å². The normalized spacial score (nSPS) is 21.5. The van der Waals surface area contributed by atoms with Gasteiger partial charge in [-0.15, -0.1) is 0 Å². The van der Waals surface area contributed by atoms with E-state index >= 15 is 0 Å². The Kier molecular flexibility index (Phi) is 2.71. The van der Waals surface area contributed by atoms with Crippen LogP contribution in [0.15, 0.2) is 0 Å². The van der Waals surface area contributed by atoms with Crippen LogP contribution in [0, 0.1) is 5.41 Å². The van der Waals surface area contributed by atoms with E-state index in [1.807, 2.05) is 20.8 Å².